The van der Waals surface area contributed by atoms with Gasteiger partial charge in [0.25, 0.3) is 0 Å². The van der Waals surface area contributed by atoms with E-state index in [0.29, 0.717) is 6.42 Å². The Morgan fingerprint density at radius 3 is 2.67 bits per heavy atom. The van der Waals surface area contributed by atoms with Gasteiger partial charge in [0, 0.05) is 13.0 Å². The first-order valence-corrected chi connectivity index (χ1v) is 5.69. The summed E-state index contributed by atoms with van der Waals surface area (Å²) < 4.78 is 0. The molecular weight excluding hydrogens is 188 g/mol. The van der Waals surface area contributed by atoms with E-state index in [1.165, 1.54) is 0 Å². The fraction of sp³-hybridized carbons (Fsp3) is 0.750. The third-order valence-electron chi connectivity index (χ3n) is 2.17. The number of nitrogens with one attached hydrogen (secondary N) is 1. The van der Waals surface area contributed by atoms with Crippen molar-refractivity contribution in [2.24, 2.45) is 0 Å². The molecule has 0 unspecified atom stereocenters. The molecule has 3 heteroatoms. The molecule has 0 rings (SSSR count). The molecule has 1 N–H and O–H groups in total. The van der Waals surface area contributed by atoms with Crippen LogP contribution in [0.15, 0.2) is 12.7 Å². The zero-order valence-corrected chi connectivity index (χ0v) is 10.1. The summed E-state index contributed by atoms with van der Waals surface area (Å²) in [6.45, 7) is 5.43. The van der Waals surface area contributed by atoms with Gasteiger partial charge >= 0.3 is 0 Å². The highest BCUT2D eigenvalue weighted by atomic mass is 16.1. The largest absolute Gasteiger partial charge is 0.356 e. The van der Waals surface area contributed by atoms with Crippen LogP contribution in [0, 0.1) is 0 Å². The van der Waals surface area contributed by atoms with Crippen molar-refractivity contribution in [1.29, 1.82) is 0 Å². The molecule has 0 fully saturated rings. The molecular formula is C12H24N2O. The van der Waals surface area contributed by atoms with Crippen molar-refractivity contribution in [3.05, 3.63) is 12.7 Å². The highest BCUT2D eigenvalue weighted by Crippen LogP contribution is 1.95. The molecule has 0 aromatic rings. The minimum absolute atomic E-state index is 0.176. The Bertz CT molecular complexity index is 178. The van der Waals surface area contributed by atoms with Crippen molar-refractivity contribution in [2.75, 3.05) is 27.2 Å². The molecule has 0 aliphatic carbocycles. The number of amides is 1. The van der Waals surface area contributed by atoms with E-state index in [0.717, 1.165) is 38.8 Å². The Morgan fingerprint density at radius 2 is 2.07 bits per heavy atom. The number of unbranched alkanes of at least 4 members (excludes halogenated alkanes) is 2. The fourth-order valence-electron chi connectivity index (χ4n) is 1.29. The Balaban J connectivity index is 3.22. The van der Waals surface area contributed by atoms with Crippen LogP contribution in [-0.4, -0.2) is 38.0 Å². The van der Waals surface area contributed by atoms with Gasteiger partial charge in [-0.3, -0.25) is 4.79 Å². The summed E-state index contributed by atoms with van der Waals surface area (Å²) in [6, 6.07) is 0. The van der Waals surface area contributed by atoms with Crippen LogP contribution in [-0.2, 0) is 4.79 Å². The number of rotatable bonds is 9. The fourth-order valence-corrected chi connectivity index (χ4v) is 1.29. The second kappa shape index (κ2) is 9.71. The van der Waals surface area contributed by atoms with Gasteiger partial charge in [0.1, 0.15) is 0 Å². The van der Waals surface area contributed by atoms with Crippen LogP contribution in [0.4, 0.5) is 0 Å². The minimum Gasteiger partial charge on any atom is -0.356 e. The topological polar surface area (TPSA) is 32.3 Å². The zero-order chi connectivity index (χ0) is 11.5. The van der Waals surface area contributed by atoms with Crippen molar-refractivity contribution < 1.29 is 4.79 Å². The van der Waals surface area contributed by atoms with Crippen LogP contribution < -0.4 is 5.32 Å². The third-order valence-corrected chi connectivity index (χ3v) is 2.17. The van der Waals surface area contributed by atoms with E-state index in [2.05, 4.69) is 16.8 Å². The normalized spacial score (nSPS) is 10.3. The summed E-state index contributed by atoms with van der Waals surface area (Å²) in [7, 11) is 4.04. The van der Waals surface area contributed by atoms with Gasteiger partial charge in [-0.2, -0.15) is 0 Å². The molecule has 0 radical (unpaired) electrons. The molecule has 88 valence electrons. The third kappa shape index (κ3) is 11.1. The number of carbonyl (C=O) groups is 1. The average molecular weight is 212 g/mol. The van der Waals surface area contributed by atoms with E-state index >= 15 is 0 Å². The lowest BCUT2D eigenvalue weighted by Gasteiger charge is -2.09. The van der Waals surface area contributed by atoms with Crippen molar-refractivity contribution in [3.8, 4) is 0 Å². The molecule has 1 amide bonds. The van der Waals surface area contributed by atoms with Gasteiger partial charge in [0.15, 0.2) is 0 Å². The van der Waals surface area contributed by atoms with Crippen LogP contribution in [0.5, 0.6) is 0 Å². The van der Waals surface area contributed by atoms with Gasteiger partial charge in [-0.05, 0) is 46.3 Å². The van der Waals surface area contributed by atoms with Gasteiger partial charge in [-0.1, -0.05) is 6.08 Å². The highest BCUT2D eigenvalue weighted by molar-refractivity contribution is 5.75. The second-order valence-electron chi connectivity index (χ2n) is 4.04. The maximum absolute atomic E-state index is 11.3. The van der Waals surface area contributed by atoms with Crippen LogP contribution in [0.1, 0.15) is 32.1 Å². The Labute approximate surface area is 93.5 Å². The summed E-state index contributed by atoms with van der Waals surface area (Å²) in [5.41, 5.74) is 0. The summed E-state index contributed by atoms with van der Waals surface area (Å²) in [5, 5.41) is 2.92. The van der Waals surface area contributed by atoms with E-state index in [-0.39, 0.29) is 5.91 Å². The zero-order valence-electron chi connectivity index (χ0n) is 10.1. The predicted molar refractivity (Wildman–Crippen MR) is 64.8 cm³/mol. The molecule has 3 nitrogen and oxygen atoms in total. The van der Waals surface area contributed by atoms with Crippen molar-refractivity contribution in [2.45, 2.75) is 32.1 Å². The highest BCUT2D eigenvalue weighted by Gasteiger charge is 2.00. The van der Waals surface area contributed by atoms with Crippen LogP contribution in [0.25, 0.3) is 0 Å². The first-order valence-electron chi connectivity index (χ1n) is 5.69. The van der Waals surface area contributed by atoms with E-state index in [1.807, 2.05) is 20.2 Å². The van der Waals surface area contributed by atoms with E-state index in [4.69, 9.17) is 0 Å². The SMILES string of the molecule is C=CCCCCNC(=O)CCCN(C)C. The van der Waals surface area contributed by atoms with Crippen molar-refractivity contribution in [3.63, 3.8) is 0 Å². The molecule has 0 aliphatic rings. The molecule has 0 aromatic heterocycles. The quantitative estimate of drug-likeness (QED) is 0.467. The van der Waals surface area contributed by atoms with E-state index in [1.54, 1.807) is 0 Å². The maximum Gasteiger partial charge on any atom is 0.220 e. The number of nitrogens with zero attached hydrogens (tertiary/aromatic N) is 1. The summed E-state index contributed by atoms with van der Waals surface area (Å²) in [4.78, 5) is 13.4. The van der Waals surface area contributed by atoms with Gasteiger partial charge in [-0.25, -0.2) is 0 Å². The summed E-state index contributed by atoms with van der Waals surface area (Å²) in [6.07, 6.45) is 6.69. The molecule has 0 heterocycles. The monoisotopic (exact) mass is 212 g/mol. The maximum atomic E-state index is 11.3. The molecule has 0 saturated heterocycles. The van der Waals surface area contributed by atoms with Crippen LogP contribution in [0.2, 0.25) is 0 Å². The summed E-state index contributed by atoms with van der Waals surface area (Å²) >= 11 is 0. The number of hydrogen-bond acceptors (Lipinski definition) is 2. The molecule has 0 aromatic carbocycles. The second-order valence-corrected chi connectivity index (χ2v) is 4.04. The van der Waals surface area contributed by atoms with Gasteiger partial charge in [-0.15, -0.1) is 6.58 Å². The van der Waals surface area contributed by atoms with Gasteiger partial charge in [0.05, 0.1) is 0 Å². The first-order chi connectivity index (χ1) is 7.16. The Hall–Kier alpha value is -0.830. The van der Waals surface area contributed by atoms with Crippen LogP contribution in [0.3, 0.4) is 0 Å². The standard InChI is InChI=1S/C12H24N2O/c1-4-5-6-7-10-13-12(15)9-8-11-14(2)3/h4H,1,5-11H2,2-3H3,(H,13,15). The molecule has 0 spiro atoms. The first kappa shape index (κ1) is 14.2. The number of allylic oxidation sites excluding steroid dienone is 1. The van der Waals surface area contributed by atoms with Gasteiger partial charge in [0.2, 0.25) is 5.91 Å². The number of carbonyl (C=O) groups excluding carboxylic acids is 1. The average Bonchev–Trinajstić information content (AvgIpc) is 2.17. The predicted octanol–water partition coefficient (Wildman–Crippen LogP) is 1.80. The lowest BCUT2D eigenvalue weighted by molar-refractivity contribution is -0.121. The lowest BCUT2D eigenvalue weighted by atomic mass is 10.2. The van der Waals surface area contributed by atoms with E-state index in [9.17, 15) is 4.79 Å². The van der Waals surface area contributed by atoms with Crippen molar-refractivity contribution >= 4 is 5.91 Å². The minimum atomic E-state index is 0.176. The molecule has 0 atom stereocenters. The summed E-state index contributed by atoms with van der Waals surface area (Å²) in [5.74, 6) is 0.176. The van der Waals surface area contributed by atoms with Crippen LogP contribution >= 0.6 is 0 Å². The molecule has 0 bridgehead atoms. The smallest absolute Gasteiger partial charge is 0.220 e. The molecule has 0 aliphatic heterocycles. The number of hydrogen-bond donors (Lipinski definition) is 1. The van der Waals surface area contributed by atoms with E-state index < -0.39 is 0 Å². The lowest BCUT2D eigenvalue weighted by Crippen LogP contribution is -2.25. The Kier molecular flexibility index (Phi) is 9.18. The van der Waals surface area contributed by atoms with Gasteiger partial charge < -0.3 is 10.2 Å². The molecule has 15 heavy (non-hydrogen) atoms. The molecule has 0 saturated carbocycles. The Morgan fingerprint density at radius 1 is 1.33 bits per heavy atom. The van der Waals surface area contributed by atoms with Crippen molar-refractivity contribution in [1.82, 2.24) is 10.2 Å².